The lowest BCUT2D eigenvalue weighted by molar-refractivity contribution is 0.0845. The van der Waals surface area contributed by atoms with Gasteiger partial charge < -0.3 is 4.74 Å². The molecule has 3 nitrogen and oxygen atoms in total. The Bertz CT molecular complexity index is 329. The monoisotopic (exact) mass is 211 g/mol. The fourth-order valence-corrected chi connectivity index (χ4v) is 2.43. The number of thiazole rings is 1. The van der Waals surface area contributed by atoms with Gasteiger partial charge in [0.1, 0.15) is 0 Å². The summed E-state index contributed by atoms with van der Waals surface area (Å²) in [5.41, 5.74) is 1.07. The summed E-state index contributed by atoms with van der Waals surface area (Å²) in [6.45, 7) is 3.20. The lowest BCUT2D eigenvalue weighted by atomic mass is 9.98. The standard InChI is InChI=1S/C10H13NO2S/c1-7(12)10-11-9(6-14-10)8-2-4-13-5-3-8/h6,8H,2-5H2,1H3. The minimum atomic E-state index is 0.0632. The van der Waals surface area contributed by atoms with Crippen LogP contribution in [0.5, 0.6) is 0 Å². The minimum absolute atomic E-state index is 0.0632. The fraction of sp³-hybridized carbons (Fsp3) is 0.600. The lowest BCUT2D eigenvalue weighted by Crippen LogP contribution is -2.14. The third kappa shape index (κ3) is 2.01. The molecule has 0 unspecified atom stereocenters. The van der Waals surface area contributed by atoms with E-state index in [1.54, 1.807) is 6.92 Å². The molecular formula is C10H13NO2S. The Morgan fingerprint density at radius 2 is 2.29 bits per heavy atom. The molecule has 0 amide bonds. The van der Waals surface area contributed by atoms with Crippen molar-refractivity contribution in [2.75, 3.05) is 13.2 Å². The molecule has 1 aromatic heterocycles. The van der Waals surface area contributed by atoms with Gasteiger partial charge in [0.25, 0.3) is 0 Å². The number of Topliss-reactive ketones (excluding diaryl/α,β-unsaturated/α-hetero) is 1. The van der Waals surface area contributed by atoms with Gasteiger partial charge in [-0.05, 0) is 12.8 Å². The van der Waals surface area contributed by atoms with Crippen LogP contribution in [0.3, 0.4) is 0 Å². The van der Waals surface area contributed by atoms with Crippen molar-refractivity contribution in [1.29, 1.82) is 0 Å². The first-order valence-corrected chi connectivity index (χ1v) is 5.69. The van der Waals surface area contributed by atoms with Crippen molar-refractivity contribution in [1.82, 2.24) is 4.98 Å². The second kappa shape index (κ2) is 4.19. The van der Waals surface area contributed by atoms with Gasteiger partial charge in [0.05, 0.1) is 5.69 Å². The van der Waals surface area contributed by atoms with Gasteiger partial charge in [-0.15, -0.1) is 11.3 Å². The van der Waals surface area contributed by atoms with Crippen molar-refractivity contribution in [3.05, 3.63) is 16.1 Å². The van der Waals surface area contributed by atoms with Crippen molar-refractivity contribution in [2.24, 2.45) is 0 Å². The highest BCUT2D eigenvalue weighted by molar-refractivity contribution is 7.11. The highest BCUT2D eigenvalue weighted by atomic mass is 32.1. The van der Waals surface area contributed by atoms with Gasteiger partial charge in [0, 0.05) is 31.4 Å². The number of carbonyl (C=O) groups is 1. The molecule has 2 rings (SSSR count). The number of aromatic nitrogens is 1. The molecule has 1 aliphatic rings. The first-order chi connectivity index (χ1) is 6.77. The summed E-state index contributed by atoms with van der Waals surface area (Å²) in [7, 11) is 0. The van der Waals surface area contributed by atoms with Crippen LogP contribution in [0.1, 0.15) is 41.2 Å². The summed E-state index contributed by atoms with van der Waals surface area (Å²) in [5, 5.41) is 2.64. The van der Waals surface area contributed by atoms with Crippen LogP contribution in [-0.2, 0) is 4.74 Å². The van der Waals surface area contributed by atoms with Crippen molar-refractivity contribution in [3.8, 4) is 0 Å². The van der Waals surface area contributed by atoms with E-state index in [9.17, 15) is 4.79 Å². The quantitative estimate of drug-likeness (QED) is 0.704. The summed E-state index contributed by atoms with van der Waals surface area (Å²) in [6.07, 6.45) is 2.06. The van der Waals surface area contributed by atoms with Crippen LogP contribution in [0.4, 0.5) is 0 Å². The van der Waals surface area contributed by atoms with Gasteiger partial charge in [-0.3, -0.25) is 4.79 Å². The van der Waals surface area contributed by atoms with Crippen LogP contribution in [0.25, 0.3) is 0 Å². The molecule has 0 N–H and O–H groups in total. The minimum Gasteiger partial charge on any atom is -0.381 e. The molecule has 76 valence electrons. The van der Waals surface area contributed by atoms with Crippen LogP contribution >= 0.6 is 11.3 Å². The van der Waals surface area contributed by atoms with E-state index < -0.39 is 0 Å². The Kier molecular flexibility index (Phi) is 2.93. The van der Waals surface area contributed by atoms with Crippen LogP contribution in [-0.4, -0.2) is 24.0 Å². The molecule has 0 radical (unpaired) electrons. The largest absolute Gasteiger partial charge is 0.381 e. The average molecular weight is 211 g/mol. The molecule has 0 bridgehead atoms. The predicted molar refractivity (Wildman–Crippen MR) is 54.9 cm³/mol. The molecule has 2 heterocycles. The van der Waals surface area contributed by atoms with Gasteiger partial charge >= 0.3 is 0 Å². The van der Waals surface area contributed by atoms with Gasteiger partial charge in [-0.2, -0.15) is 0 Å². The molecule has 1 fully saturated rings. The molecule has 0 aliphatic carbocycles. The number of nitrogens with zero attached hydrogens (tertiary/aromatic N) is 1. The average Bonchev–Trinajstić information content (AvgIpc) is 2.68. The van der Waals surface area contributed by atoms with E-state index in [2.05, 4.69) is 4.98 Å². The zero-order valence-electron chi connectivity index (χ0n) is 8.16. The van der Waals surface area contributed by atoms with E-state index in [1.165, 1.54) is 11.3 Å². The Hall–Kier alpha value is -0.740. The van der Waals surface area contributed by atoms with E-state index in [0.717, 1.165) is 31.7 Å². The third-order valence-corrected chi connectivity index (χ3v) is 3.42. The van der Waals surface area contributed by atoms with E-state index in [4.69, 9.17) is 4.74 Å². The van der Waals surface area contributed by atoms with E-state index in [0.29, 0.717) is 10.9 Å². The van der Waals surface area contributed by atoms with Crippen molar-refractivity contribution < 1.29 is 9.53 Å². The fourth-order valence-electron chi connectivity index (χ4n) is 1.63. The molecule has 1 aromatic rings. The number of hydrogen-bond donors (Lipinski definition) is 0. The summed E-state index contributed by atoms with van der Waals surface area (Å²) < 4.78 is 5.28. The van der Waals surface area contributed by atoms with Gasteiger partial charge in [-0.1, -0.05) is 0 Å². The third-order valence-electron chi connectivity index (χ3n) is 2.46. The molecule has 14 heavy (non-hydrogen) atoms. The number of ketones is 1. The Morgan fingerprint density at radius 1 is 1.57 bits per heavy atom. The van der Waals surface area contributed by atoms with Gasteiger partial charge in [-0.25, -0.2) is 4.98 Å². The smallest absolute Gasteiger partial charge is 0.188 e. The molecule has 1 aliphatic heterocycles. The molecular weight excluding hydrogens is 198 g/mol. The summed E-state index contributed by atoms with van der Waals surface area (Å²) >= 11 is 1.45. The topological polar surface area (TPSA) is 39.2 Å². The number of ether oxygens (including phenoxy) is 1. The predicted octanol–water partition coefficient (Wildman–Crippen LogP) is 2.24. The first kappa shape index (κ1) is 9.80. The van der Waals surface area contributed by atoms with E-state index in [-0.39, 0.29) is 5.78 Å². The van der Waals surface area contributed by atoms with Crippen LogP contribution in [0.2, 0.25) is 0 Å². The molecule has 0 atom stereocenters. The summed E-state index contributed by atoms with van der Waals surface area (Å²) in [6, 6.07) is 0. The highest BCUT2D eigenvalue weighted by Crippen LogP contribution is 2.27. The second-order valence-electron chi connectivity index (χ2n) is 3.52. The summed E-state index contributed by atoms with van der Waals surface area (Å²) in [5.74, 6) is 0.557. The lowest BCUT2D eigenvalue weighted by Gasteiger charge is -2.19. The Morgan fingerprint density at radius 3 is 2.86 bits per heavy atom. The van der Waals surface area contributed by atoms with Gasteiger partial charge in [0.2, 0.25) is 0 Å². The molecule has 0 saturated carbocycles. The molecule has 0 spiro atoms. The van der Waals surface area contributed by atoms with E-state index >= 15 is 0 Å². The maximum Gasteiger partial charge on any atom is 0.188 e. The van der Waals surface area contributed by atoms with Crippen molar-refractivity contribution >= 4 is 17.1 Å². The maximum atomic E-state index is 11.1. The number of rotatable bonds is 2. The number of hydrogen-bond acceptors (Lipinski definition) is 4. The Balaban J connectivity index is 2.11. The number of carbonyl (C=O) groups excluding carboxylic acids is 1. The van der Waals surface area contributed by atoms with E-state index in [1.807, 2.05) is 5.38 Å². The van der Waals surface area contributed by atoms with Crippen LogP contribution < -0.4 is 0 Å². The Labute approximate surface area is 87.1 Å². The zero-order valence-corrected chi connectivity index (χ0v) is 8.97. The van der Waals surface area contributed by atoms with Crippen molar-refractivity contribution in [3.63, 3.8) is 0 Å². The van der Waals surface area contributed by atoms with Gasteiger partial charge in [0.15, 0.2) is 10.8 Å². The normalized spacial score (nSPS) is 18.4. The second-order valence-corrected chi connectivity index (χ2v) is 4.38. The molecule has 0 aromatic carbocycles. The zero-order chi connectivity index (χ0) is 9.97. The molecule has 1 saturated heterocycles. The van der Waals surface area contributed by atoms with Crippen molar-refractivity contribution in [2.45, 2.75) is 25.7 Å². The first-order valence-electron chi connectivity index (χ1n) is 4.81. The summed E-state index contributed by atoms with van der Waals surface area (Å²) in [4.78, 5) is 15.4. The molecule has 4 heteroatoms. The maximum absolute atomic E-state index is 11.1. The highest BCUT2D eigenvalue weighted by Gasteiger charge is 2.19. The van der Waals surface area contributed by atoms with Crippen LogP contribution in [0, 0.1) is 0 Å². The SMILES string of the molecule is CC(=O)c1nc(C2CCOCC2)cs1. The van der Waals surface area contributed by atoms with Crippen LogP contribution in [0.15, 0.2) is 5.38 Å².